The van der Waals surface area contributed by atoms with E-state index in [1.165, 1.54) is 30.5 Å². The molecule has 1 fully saturated rings. The molecule has 0 aliphatic carbocycles. The number of methoxy groups -OCH3 is 1. The Hall–Kier alpha value is -0.900. The van der Waals surface area contributed by atoms with Gasteiger partial charge in [0.15, 0.2) is 0 Å². The van der Waals surface area contributed by atoms with Gasteiger partial charge >= 0.3 is 0 Å². The molecule has 3 heteroatoms. The minimum Gasteiger partial charge on any atom is -0.380 e. The second-order valence-electron chi connectivity index (χ2n) is 6.02. The van der Waals surface area contributed by atoms with Gasteiger partial charge in [0.1, 0.15) is 0 Å². The third kappa shape index (κ3) is 4.30. The van der Waals surface area contributed by atoms with Crippen LogP contribution in [0.15, 0.2) is 24.3 Å². The zero-order chi connectivity index (χ0) is 14.4. The number of nitrogens with zero attached hydrogens (tertiary/aromatic N) is 1. The molecule has 112 valence electrons. The summed E-state index contributed by atoms with van der Waals surface area (Å²) in [5.74, 6) is 0. The third-order valence-corrected chi connectivity index (χ3v) is 4.14. The van der Waals surface area contributed by atoms with Crippen molar-refractivity contribution in [3.63, 3.8) is 0 Å². The van der Waals surface area contributed by atoms with Gasteiger partial charge in [-0.05, 0) is 44.4 Å². The number of rotatable bonds is 7. The summed E-state index contributed by atoms with van der Waals surface area (Å²) >= 11 is 0. The summed E-state index contributed by atoms with van der Waals surface area (Å²) in [7, 11) is 1.76. The zero-order valence-corrected chi connectivity index (χ0v) is 13.1. The molecule has 2 rings (SSSR count). The molecule has 1 unspecified atom stereocenters. The van der Waals surface area contributed by atoms with Crippen molar-refractivity contribution in [3.05, 3.63) is 35.4 Å². The fourth-order valence-electron chi connectivity index (χ4n) is 2.88. The predicted molar refractivity (Wildman–Crippen MR) is 83.7 cm³/mol. The molecule has 1 aromatic rings. The molecule has 1 N–H and O–H groups in total. The van der Waals surface area contributed by atoms with Crippen LogP contribution in [0, 0.1) is 0 Å². The van der Waals surface area contributed by atoms with Crippen molar-refractivity contribution < 1.29 is 4.74 Å². The Morgan fingerprint density at radius 1 is 1.30 bits per heavy atom. The zero-order valence-electron chi connectivity index (χ0n) is 13.1. The van der Waals surface area contributed by atoms with Gasteiger partial charge in [-0.1, -0.05) is 24.3 Å². The minimum atomic E-state index is 0.563. The van der Waals surface area contributed by atoms with E-state index >= 15 is 0 Å². The van der Waals surface area contributed by atoms with E-state index in [-0.39, 0.29) is 0 Å². The molecule has 0 bridgehead atoms. The summed E-state index contributed by atoms with van der Waals surface area (Å²) in [5.41, 5.74) is 2.70. The van der Waals surface area contributed by atoms with Gasteiger partial charge in [0.25, 0.3) is 0 Å². The van der Waals surface area contributed by atoms with Crippen molar-refractivity contribution >= 4 is 0 Å². The van der Waals surface area contributed by atoms with E-state index in [1.807, 2.05) is 0 Å². The Balaban J connectivity index is 2.03. The number of hydrogen-bond acceptors (Lipinski definition) is 3. The van der Waals surface area contributed by atoms with Crippen LogP contribution in [0.2, 0.25) is 0 Å². The van der Waals surface area contributed by atoms with Crippen molar-refractivity contribution in [1.82, 2.24) is 10.2 Å². The molecular weight excluding hydrogens is 248 g/mol. The van der Waals surface area contributed by atoms with Gasteiger partial charge in [-0.3, -0.25) is 4.90 Å². The summed E-state index contributed by atoms with van der Waals surface area (Å²) in [6.45, 7) is 8.59. The highest BCUT2D eigenvalue weighted by atomic mass is 16.5. The Bertz CT molecular complexity index is 400. The first-order chi connectivity index (χ1) is 9.70. The maximum absolute atomic E-state index is 5.31. The summed E-state index contributed by atoms with van der Waals surface area (Å²) in [4.78, 5) is 2.57. The van der Waals surface area contributed by atoms with E-state index in [0.29, 0.717) is 18.7 Å². The molecule has 1 heterocycles. The van der Waals surface area contributed by atoms with Crippen molar-refractivity contribution in [2.45, 2.75) is 51.9 Å². The molecule has 1 aliphatic heterocycles. The van der Waals surface area contributed by atoms with Crippen molar-refractivity contribution in [3.8, 4) is 0 Å². The molecule has 0 spiro atoms. The number of ether oxygens (including phenoxy) is 1. The summed E-state index contributed by atoms with van der Waals surface area (Å²) in [6.07, 6.45) is 2.62. The smallest absolute Gasteiger partial charge is 0.0716 e. The van der Waals surface area contributed by atoms with Crippen LogP contribution in [-0.2, 0) is 17.9 Å². The predicted octanol–water partition coefficient (Wildman–Crippen LogP) is 2.80. The van der Waals surface area contributed by atoms with Gasteiger partial charge < -0.3 is 10.1 Å². The van der Waals surface area contributed by atoms with Gasteiger partial charge in [0.2, 0.25) is 0 Å². The summed E-state index contributed by atoms with van der Waals surface area (Å²) in [6, 6.07) is 9.84. The van der Waals surface area contributed by atoms with E-state index in [2.05, 4.69) is 48.3 Å². The summed E-state index contributed by atoms with van der Waals surface area (Å²) in [5, 5.41) is 3.60. The lowest BCUT2D eigenvalue weighted by Gasteiger charge is -2.30. The van der Waals surface area contributed by atoms with E-state index in [9.17, 15) is 0 Å². The highest BCUT2D eigenvalue weighted by Crippen LogP contribution is 2.16. The molecule has 1 atom stereocenters. The van der Waals surface area contributed by atoms with Crippen LogP contribution in [0.5, 0.6) is 0 Å². The Kier molecular flexibility index (Phi) is 6.02. The van der Waals surface area contributed by atoms with Gasteiger partial charge in [-0.2, -0.15) is 0 Å². The molecular formula is C17H28N2O. The first-order valence-corrected chi connectivity index (χ1v) is 7.74. The van der Waals surface area contributed by atoms with Crippen molar-refractivity contribution in [1.29, 1.82) is 0 Å². The Labute approximate surface area is 123 Å². The van der Waals surface area contributed by atoms with Crippen molar-refractivity contribution in [2.75, 3.05) is 20.2 Å². The van der Waals surface area contributed by atoms with Gasteiger partial charge in [-0.15, -0.1) is 0 Å². The van der Waals surface area contributed by atoms with Crippen LogP contribution < -0.4 is 5.32 Å². The van der Waals surface area contributed by atoms with Crippen molar-refractivity contribution in [2.24, 2.45) is 0 Å². The van der Waals surface area contributed by atoms with Crippen LogP contribution in [0.3, 0.4) is 0 Å². The van der Waals surface area contributed by atoms with Crippen LogP contribution >= 0.6 is 0 Å². The van der Waals surface area contributed by atoms with Crippen LogP contribution in [0.4, 0.5) is 0 Å². The normalized spacial score (nSPS) is 19.1. The second kappa shape index (κ2) is 7.77. The lowest BCUT2D eigenvalue weighted by Crippen LogP contribution is -2.40. The lowest BCUT2D eigenvalue weighted by molar-refractivity contribution is 0.175. The number of hydrogen-bond donors (Lipinski definition) is 1. The SMILES string of the molecule is COCc1ccccc1CN(CC1CCCN1)C(C)C. The quantitative estimate of drug-likeness (QED) is 0.829. The standard InChI is InChI=1S/C17H28N2O/c1-14(2)19(12-17-9-6-10-18-17)11-15-7-4-5-8-16(15)13-20-3/h4-5,7-8,14,17-18H,6,9-13H2,1-3H3. The second-order valence-corrected chi connectivity index (χ2v) is 6.02. The van der Waals surface area contributed by atoms with Crippen LogP contribution in [0.25, 0.3) is 0 Å². The molecule has 0 radical (unpaired) electrons. The van der Waals surface area contributed by atoms with E-state index in [0.717, 1.165) is 13.1 Å². The monoisotopic (exact) mass is 276 g/mol. The molecule has 0 amide bonds. The largest absolute Gasteiger partial charge is 0.380 e. The van der Waals surface area contributed by atoms with Gasteiger partial charge in [0, 0.05) is 32.3 Å². The lowest BCUT2D eigenvalue weighted by atomic mass is 10.1. The van der Waals surface area contributed by atoms with Gasteiger partial charge in [0.05, 0.1) is 6.61 Å². The molecule has 20 heavy (non-hydrogen) atoms. The van der Waals surface area contributed by atoms with Crippen LogP contribution in [-0.4, -0.2) is 37.2 Å². The van der Waals surface area contributed by atoms with Gasteiger partial charge in [-0.25, -0.2) is 0 Å². The van der Waals surface area contributed by atoms with E-state index in [1.54, 1.807) is 7.11 Å². The minimum absolute atomic E-state index is 0.563. The summed E-state index contributed by atoms with van der Waals surface area (Å²) < 4.78 is 5.31. The van der Waals surface area contributed by atoms with E-state index < -0.39 is 0 Å². The van der Waals surface area contributed by atoms with Crippen LogP contribution in [0.1, 0.15) is 37.8 Å². The maximum Gasteiger partial charge on any atom is 0.0716 e. The molecule has 0 aromatic heterocycles. The fraction of sp³-hybridized carbons (Fsp3) is 0.647. The number of nitrogens with one attached hydrogen (secondary N) is 1. The third-order valence-electron chi connectivity index (χ3n) is 4.14. The molecule has 1 aromatic carbocycles. The average Bonchev–Trinajstić information content (AvgIpc) is 2.93. The molecule has 0 saturated carbocycles. The molecule has 1 saturated heterocycles. The first kappa shape index (κ1) is 15.5. The van der Waals surface area contributed by atoms with E-state index in [4.69, 9.17) is 4.74 Å². The molecule has 1 aliphatic rings. The average molecular weight is 276 g/mol. The Morgan fingerprint density at radius 3 is 2.65 bits per heavy atom. The first-order valence-electron chi connectivity index (χ1n) is 7.74. The topological polar surface area (TPSA) is 24.5 Å². The molecule has 3 nitrogen and oxygen atoms in total. The highest BCUT2D eigenvalue weighted by molar-refractivity contribution is 5.26. The number of benzene rings is 1. The Morgan fingerprint density at radius 2 is 2.05 bits per heavy atom. The highest BCUT2D eigenvalue weighted by Gasteiger charge is 2.20. The maximum atomic E-state index is 5.31. The fourth-order valence-corrected chi connectivity index (χ4v) is 2.88.